The fourth-order valence-electron chi connectivity index (χ4n) is 7.02. The van der Waals surface area contributed by atoms with E-state index in [1.54, 1.807) is 12.2 Å². The molecule has 8 atom stereocenters. The number of ketones is 2. The Morgan fingerprint density at radius 1 is 1.37 bits per heavy atom. The van der Waals surface area contributed by atoms with Crippen LogP contribution in [-0.4, -0.2) is 34.5 Å². The van der Waals surface area contributed by atoms with Gasteiger partial charge < -0.3 is 10.2 Å². The van der Waals surface area contributed by atoms with Gasteiger partial charge in [0.15, 0.2) is 11.6 Å². The van der Waals surface area contributed by atoms with Gasteiger partial charge in [-0.1, -0.05) is 26.8 Å². The zero-order chi connectivity index (χ0) is 19.7. The van der Waals surface area contributed by atoms with E-state index < -0.39 is 29.4 Å². The van der Waals surface area contributed by atoms with Crippen LogP contribution < -0.4 is 0 Å². The van der Waals surface area contributed by atoms with E-state index in [9.17, 15) is 19.8 Å². The number of hydrogen-bond acceptors (Lipinski definition) is 4. The van der Waals surface area contributed by atoms with Crippen LogP contribution in [0.3, 0.4) is 0 Å². The van der Waals surface area contributed by atoms with E-state index in [0.29, 0.717) is 12.0 Å². The zero-order valence-corrected chi connectivity index (χ0v) is 16.0. The Morgan fingerprint density at radius 2 is 2.07 bits per heavy atom. The molecular formula is C22H27FO4. The molecule has 4 aliphatic carbocycles. The Morgan fingerprint density at radius 3 is 2.74 bits per heavy atom. The lowest BCUT2D eigenvalue weighted by atomic mass is 9.48. The van der Waals surface area contributed by atoms with Crippen molar-refractivity contribution in [2.45, 2.75) is 39.7 Å². The van der Waals surface area contributed by atoms with Crippen LogP contribution in [0.25, 0.3) is 0 Å². The second-order valence-corrected chi connectivity index (χ2v) is 9.39. The molecule has 0 radical (unpaired) electrons. The van der Waals surface area contributed by atoms with Crippen LogP contribution in [-0.2, 0) is 9.59 Å². The van der Waals surface area contributed by atoms with E-state index in [1.165, 1.54) is 12.2 Å². The first-order valence-electron chi connectivity index (χ1n) is 9.78. The molecule has 0 heterocycles. The van der Waals surface area contributed by atoms with Gasteiger partial charge in [-0.2, -0.15) is 0 Å². The zero-order valence-electron chi connectivity index (χ0n) is 16.0. The molecule has 2 fully saturated rings. The van der Waals surface area contributed by atoms with Gasteiger partial charge in [-0.25, -0.2) is 4.39 Å². The van der Waals surface area contributed by atoms with Crippen molar-refractivity contribution >= 4 is 11.6 Å². The summed E-state index contributed by atoms with van der Waals surface area (Å²) >= 11 is 0. The topological polar surface area (TPSA) is 74.6 Å². The van der Waals surface area contributed by atoms with E-state index in [-0.39, 0.29) is 41.2 Å². The molecule has 27 heavy (non-hydrogen) atoms. The number of aliphatic hydroxyl groups is 2. The highest BCUT2D eigenvalue weighted by Crippen LogP contribution is 2.66. The Bertz CT molecular complexity index is 796. The second kappa shape index (κ2) is 5.95. The van der Waals surface area contributed by atoms with Crippen LogP contribution in [0.15, 0.2) is 35.7 Å². The summed E-state index contributed by atoms with van der Waals surface area (Å²) in [6.45, 7) is 5.42. The van der Waals surface area contributed by atoms with Crippen molar-refractivity contribution in [2.75, 3.05) is 6.61 Å². The summed E-state index contributed by atoms with van der Waals surface area (Å²) in [5.74, 6) is -1.45. The molecule has 0 aromatic rings. The Kier molecular flexibility index (Phi) is 4.13. The first kappa shape index (κ1) is 18.8. The number of carbonyl (C=O) groups is 2. The normalized spacial score (nSPS) is 48.3. The summed E-state index contributed by atoms with van der Waals surface area (Å²) in [6.07, 6.45) is 6.63. The maximum Gasteiger partial charge on any atom is 0.178 e. The molecule has 0 bridgehead atoms. The van der Waals surface area contributed by atoms with Crippen molar-refractivity contribution in [3.63, 3.8) is 0 Å². The van der Waals surface area contributed by atoms with Crippen LogP contribution in [0.1, 0.15) is 33.6 Å². The lowest BCUT2D eigenvalue weighted by Crippen LogP contribution is -2.55. The predicted molar refractivity (Wildman–Crippen MR) is 98.1 cm³/mol. The molecule has 5 heteroatoms. The number of allylic oxidation sites excluding steroid dienone is 6. The Balaban J connectivity index is 1.83. The third kappa shape index (κ3) is 2.40. The van der Waals surface area contributed by atoms with Gasteiger partial charge in [0.05, 0.1) is 6.10 Å². The average Bonchev–Trinajstić information content (AvgIpc) is 2.85. The molecular weight excluding hydrogens is 347 g/mol. The molecule has 0 aromatic carbocycles. The van der Waals surface area contributed by atoms with E-state index in [1.807, 2.05) is 20.8 Å². The molecule has 0 spiro atoms. The van der Waals surface area contributed by atoms with Gasteiger partial charge in [0.1, 0.15) is 12.4 Å². The predicted octanol–water partition coefficient (Wildman–Crippen LogP) is 2.76. The molecule has 4 nitrogen and oxygen atoms in total. The number of aliphatic hydroxyl groups excluding tert-OH is 2. The number of carbonyl (C=O) groups excluding carboxylic acids is 2. The van der Waals surface area contributed by atoms with Crippen molar-refractivity contribution in [2.24, 2.45) is 40.4 Å². The summed E-state index contributed by atoms with van der Waals surface area (Å²) < 4.78 is 15.1. The maximum atomic E-state index is 15.1. The highest BCUT2D eigenvalue weighted by molar-refractivity contribution is 6.01. The maximum absolute atomic E-state index is 15.1. The lowest BCUT2D eigenvalue weighted by molar-refractivity contribution is -0.138. The van der Waals surface area contributed by atoms with Crippen molar-refractivity contribution in [3.05, 3.63) is 35.7 Å². The fraction of sp³-hybridized carbons (Fsp3) is 0.636. The third-order valence-electron chi connectivity index (χ3n) is 7.95. The summed E-state index contributed by atoms with van der Waals surface area (Å²) in [5, 5.41) is 20.6. The van der Waals surface area contributed by atoms with Crippen molar-refractivity contribution < 1.29 is 24.2 Å². The largest absolute Gasteiger partial charge is 0.393 e. The van der Waals surface area contributed by atoms with Crippen LogP contribution in [0.4, 0.5) is 4.39 Å². The minimum atomic E-state index is -0.736. The lowest BCUT2D eigenvalue weighted by Gasteiger charge is -2.56. The van der Waals surface area contributed by atoms with Crippen molar-refractivity contribution in [1.82, 2.24) is 0 Å². The Labute approximate surface area is 158 Å². The molecule has 0 amide bonds. The van der Waals surface area contributed by atoms with Crippen LogP contribution in [0, 0.1) is 40.4 Å². The summed E-state index contributed by atoms with van der Waals surface area (Å²) in [4.78, 5) is 24.3. The fourth-order valence-corrected chi connectivity index (χ4v) is 7.02. The Hall–Kier alpha value is -1.59. The molecule has 2 unspecified atom stereocenters. The van der Waals surface area contributed by atoms with Gasteiger partial charge in [-0.15, -0.1) is 0 Å². The molecule has 4 rings (SSSR count). The minimum absolute atomic E-state index is 0.0524. The number of Topliss-reactive ketones (excluding diaryl/α,β-unsaturated/α-hetero) is 1. The first-order chi connectivity index (χ1) is 12.6. The summed E-state index contributed by atoms with van der Waals surface area (Å²) in [5.41, 5.74) is -0.851. The van der Waals surface area contributed by atoms with Crippen LogP contribution >= 0.6 is 0 Å². The first-order valence-corrected chi connectivity index (χ1v) is 9.78. The molecule has 0 aromatic heterocycles. The van der Waals surface area contributed by atoms with E-state index in [4.69, 9.17) is 0 Å². The molecule has 146 valence electrons. The number of hydrogen-bond donors (Lipinski definition) is 2. The van der Waals surface area contributed by atoms with Gasteiger partial charge in [-0.3, -0.25) is 9.59 Å². The van der Waals surface area contributed by atoms with Crippen LogP contribution in [0.5, 0.6) is 0 Å². The highest BCUT2D eigenvalue weighted by Gasteiger charge is 2.64. The average molecular weight is 374 g/mol. The quantitative estimate of drug-likeness (QED) is 0.779. The smallest absolute Gasteiger partial charge is 0.178 e. The van der Waals surface area contributed by atoms with E-state index >= 15 is 4.39 Å². The van der Waals surface area contributed by atoms with Gasteiger partial charge in [0.25, 0.3) is 0 Å². The third-order valence-corrected chi connectivity index (χ3v) is 7.95. The van der Waals surface area contributed by atoms with Gasteiger partial charge >= 0.3 is 0 Å². The monoisotopic (exact) mass is 374 g/mol. The number of rotatable bonds is 2. The van der Waals surface area contributed by atoms with Crippen molar-refractivity contribution in [3.8, 4) is 0 Å². The molecule has 4 aliphatic rings. The second-order valence-electron chi connectivity index (χ2n) is 9.39. The SMILES string of the molecule is CC1C[C@H]2[C@@H]3C=C(F)C4=CC(=O)C=C[C@]4(C)[C@H]3C(O)C[C@]2(C)[C@H]1C(=O)CO. The van der Waals surface area contributed by atoms with E-state index in [2.05, 4.69) is 0 Å². The van der Waals surface area contributed by atoms with E-state index in [0.717, 1.165) is 6.42 Å². The highest BCUT2D eigenvalue weighted by atomic mass is 19.1. The van der Waals surface area contributed by atoms with Gasteiger partial charge in [-0.05, 0) is 54.2 Å². The summed E-state index contributed by atoms with van der Waals surface area (Å²) in [7, 11) is 0. The standard InChI is InChI=1S/C22H27FO4/c1-11-6-14-13-8-16(23)15-7-12(25)4-5-21(15,2)20(13)17(26)9-22(14,3)19(11)18(27)10-24/h4-5,7-8,11,13-14,17,19-20,24,26H,6,9-10H2,1-3H3/t11?,13-,14-,17?,19+,20+,21-,22-/m0/s1. The number of halogens is 1. The molecule has 0 saturated heterocycles. The number of fused-ring (bicyclic) bond motifs is 5. The van der Waals surface area contributed by atoms with Crippen LogP contribution in [0.2, 0.25) is 0 Å². The van der Waals surface area contributed by atoms with Gasteiger partial charge in [0.2, 0.25) is 0 Å². The molecule has 2 saturated carbocycles. The molecule has 2 N–H and O–H groups in total. The summed E-state index contributed by atoms with van der Waals surface area (Å²) in [6, 6.07) is 0. The molecule has 0 aliphatic heterocycles. The minimum Gasteiger partial charge on any atom is -0.393 e. The van der Waals surface area contributed by atoms with Crippen molar-refractivity contribution in [1.29, 1.82) is 0 Å². The van der Waals surface area contributed by atoms with Gasteiger partial charge in [0, 0.05) is 22.8 Å².